The molecule has 1 atom stereocenters. The van der Waals surface area contributed by atoms with Crippen LogP contribution in [0.5, 0.6) is 0 Å². The SMILES string of the molecule is CCn1nc(C(=O)N2CCCC3(CN(C)C(=O)O3)C2)cc1C. The Morgan fingerprint density at radius 3 is 2.82 bits per heavy atom. The molecule has 2 fully saturated rings. The predicted octanol–water partition coefficient (Wildman–Crippen LogP) is 1.27. The first-order valence-corrected chi connectivity index (χ1v) is 7.72. The lowest BCUT2D eigenvalue weighted by Gasteiger charge is -2.38. The van der Waals surface area contributed by atoms with Crippen molar-refractivity contribution >= 4 is 12.0 Å². The number of ether oxygens (including phenoxy) is 1. The molecule has 2 aliphatic rings. The quantitative estimate of drug-likeness (QED) is 0.825. The summed E-state index contributed by atoms with van der Waals surface area (Å²) in [5.74, 6) is -0.0834. The second-order valence-corrected chi connectivity index (χ2v) is 6.22. The summed E-state index contributed by atoms with van der Waals surface area (Å²) >= 11 is 0. The average molecular weight is 306 g/mol. The van der Waals surface area contributed by atoms with Gasteiger partial charge in [-0.2, -0.15) is 5.10 Å². The van der Waals surface area contributed by atoms with Gasteiger partial charge in [-0.15, -0.1) is 0 Å². The van der Waals surface area contributed by atoms with Crippen molar-refractivity contribution in [2.75, 3.05) is 26.7 Å². The molecule has 0 aliphatic carbocycles. The van der Waals surface area contributed by atoms with Gasteiger partial charge in [0.1, 0.15) is 5.60 Å². The molecule has 2 amide bonds. The number of aryl methyl sites for hydroxylation is 2. The number of likely N-dealkylation sites (N-methyl/N-ethyl adjacent to an activating group) is 1. The molecule has 1 aromatic rings. The lowest BCUT2D eigenvalue weighted by atomic mass is 9.92. The first kappa shape index (κ1) is 14.9. The molecule has 0 aromatic carbocycles. The Labute approximate surface area is 129 Å². The highest BCUT2D eigenvalue weighted by Gasteiger charge is 2.47. The molecule has 7 nitrogen and oxygen atoms in total. The van der Waals surface area contributed by atoms with Crippen LogP contribution in [0.2, 0.25) is 0 Å². The summed E-state index contributed by atoms with van der Waals surface area (Å²) in [5, 5.41) is 4.36. The Morgan fingerprint density at radius 2 is 2.23 bits per heavy atom. The van der Waals surface area contributed by atoms with E-state index < -0.39 is 5.60 Å². The Balaban J connectivity index is 1.77. The van der Waals surface area contributed by atoms with E-state index in [4.69, 9.17) is 4.74 Å². The number of amides is 2. The van der Waals surface area contributed by atoms with Crippen LogP contribution in [-0.2, 0) is 11.3 Å². The maximum absolute atomic E-state index is 12.7. The van der Waals surface area contributed by atoms with Crippen molar-refractivity contribution in [1.82, 2.24) is 19.6 Å². The zero-order chi connectivity index (χ0) is 15.9. The standard InChI is InChI=1S/C15H22N4O3/c1-4-19-11(2)8-12(16-19)13(20)18-7-5-6-15(10-18)9-17(3)14(21)22-15/h8H,4-7,9-10H2,1-3H3. The lowest BCUT2D eigenvalue weighted by molar-refractivity contribution is -0.00543. The summed E-state index contributed by atoms with van der Waals surface area (Å²) < 4.78 is 7.35. The van der Waals surface area contributed by atoms with Gasteiger partial charge in [-0.1, -0.05) is 0 Å². The first-order chi connectivity index (χ1) is 10.4. The van der Waals surface area contributed by atoms with E-state index in [1.54, 1.807) is 16.8 Å². The van der Waals surface area contributed by atoms with Crippen molar-refractivity contribution in [2.24, 2.45) is 0 Å². The number of carbonyl (C=O) groups excluding carboxylic acids is 2. The number of likely N-dealkylation sites (tertiary alicyclic amines) is 1. The third kappa shape index (κ3) is 2.44. The highest BCUT2D eigenvalue weighted by molar-refractivity contribution is 5.92. The maximum atomic E-state index is 12.7. The minimum atomic E-state index is -0.553. The van der Waals surface area contributed by atoms with E-state index in [-0.39, 0.29) is 12.0 Å². The van der Waals surface area contributed by atoms with Crippen molar-refractivity contribution < 1.29 is 14.3 Å². The number of hydrogen-bond donors (Lipinski definition) is 0. The summed E-state index contributed by atoms with van der Waals surface area (Å²) in [6.07, 6.45) is 1.33. The van der Waals surface area contributed by atoms with Gasteiger partial charge in [0.05, 0.1) is 13.1 Å². The van der Waals surface area contributed by atoms with Crippen LogP contribution in [0.1, 0.15) is 35.9 Å². The summed E-state index contributed by atoms with van der Waals surface area (Å²) in [5.41, 5.74) is 0.890. The molecule has 0 bridgehead atoms. The van der Waals surface area contributed by atoms with Gasteiger partial charge in [0.25, 0.3) is 5.91 Å². The fourth-order valence-corrected chi connectivity index (χ4v) is 3.37. The van der Waals surface area contributed by atoms with Crippen LogP contribution in [-0.4, -0.2) is 63.9 Å². The normalized spacial score (nSPS) is 25.0. The van der Waals surface area contributed by atoms with E-state index in [9.17, 15) is 9.59 Å². The fraction of sp³-hybridized carbons (Fsp3) is 0.667. The van der Waals surface area contributed by atoms with Crippen molar-refractivity contribution in [3.8, 4) is 0 Å². The van der Waals surface area contributed by atoms with Crippen molar-refractivity contribution in [3.05, 3.63) is 17.5 Å². The molecule has 0 radical (unpaired) electrons. The van der Waals surface area contributed by atoms with E-state index in [1.165, 1.54) is 0 Å². The Morgan fingerprint density at radius 1 is 1.45 bits per heavy atom. The van der Waals surface area contributed by atoms with Gasteiger partial charge >= 0.3 is 6.09 Å². The minimum Gasteiger partial charge on any atom is -0.439 e. The van der Waals surface area contributed by atoms with Crippen LogP contribution >= 0.6 is 0 Å². The molecule has 2 aliphatic heterocycles. The third-order valence-corrected chi connectivity index (χ3v) is 4.47. The topological polar surface area (TPSA) is 67.7 Å². The molecule has 1 aromatic heterocycles. The molecule has 1 unspecified atom stereocenters. The molecule has 1 spiro atoms. The molecular weight excluding hydrogens is 284 g/mol. The molecule has 3 rings (SSSR count). The van der Waals surface area contributed by atoms with Gasteiger partial charge in [-0.05, 0) is 32.8 Å². The van der Waals surface area contributed by atoms with Crippen LogP contribution in [0.3, 0.4) is 0 Å². The van der Waals surface area contributed by atoms with Crippen LogP contribution in [0.25, 0.3) is 0 Å². The highest BCUT2D eigenvalue weighted by atomic mass is 16.6. The number of rotatable bonds is 2. The minimum absolute atomic E-state index is 0.0834. The molecule has 0 saturated carbocycles. The van der Waals surface area contributed by atoms with Crippen molar-refractivity contribution in [1.29, 1.82) is 0 Å². The smallest absolute Gasteiger partial charge is 0.410 e. The third-order valence-electron chi connectivity index (χ3n) is 4.47. The van der Waals surface area contributed by atoms with Crippen molar-refractivity contribution in [2.45, 2.75) is 38.8 Å². The maximum Gasteiger partial charge on any atom is 0.410 e. The van der Waals surface area contributed by atoms with E-state index in [0.717, 1.165) is 25.1 Å². The zero-order valence-corrected chi connectivity index (χ0v) is 13.3. The number of aromatic nitrogens is 2. The molecule has 2 saturated heterocycles. The molecule has 120 valence electrons. The first-order valence-electron chi connectivity index (χ1n) is 7.72. The zero-order valence-electron chi connectivity index (χ0n) is 13.3. The molecule has 0 N–H and O–H groups in total. The number of piperidine rings is 1. The summed E-state index contributed by atoms with van der Waals surface area (Å²) in [4.78, 5) is 27.7. The summed E-state index contributed by atoms with van der Waals surface area (Å²) in [6, 6.07) is 1.82. The Hall–Kier alpha value is -2.05. The summed E-state index contributed by atoms with van der Waals surface area (Å²) in [6.45, 7) is 6.35. The van der Waals surface area contributed by atoms with Crippen LogP contribution < -0.4 is 0 Å². The largest absolute Gasteiger partial charge is 0.439 e. The van der Waals surface area contributed by atoms with Crippen molar-refractivity contribution in [3.63, 3.8) is 0 Å². The van der Waals surface area contributed by atoms with Gasteiger partial charge in [0, 0.05) is 25.8 Å². The Bertz CT molecular complexity index is 612. The number of carbonyl (C=O) groups is 2. The second kappa shape index (κ2) is 5.30. The van der Waals surface area contributed by atoms with Crippen LogP contribution in [0.15, 0.2) is 6.07 Å². The molecular formula is C15H22N4O3. The number of nitrogens with zero attached hydrogens (tertiary/aromatic N) is 4. The fourth-order valence-electron chi connectivity index (χ4n) is 3.37. The van der Waals surface area contributed by atoms with E-state index in [1.807, 2.05) is 24.6 Å². The lowest BCUT2D eigenvalue weighted by Crippen LogP contribution is -2.52. The molecule has 7 heteroatoms. The van der Waals surface area contributed by atoms with E-state index in [2.05, 4.69) is 5.10 Å². The van der Waals surface area contributed by atoms with Crippen LogP contribution in [0, 0.1) is 6.92 Å². The van der Waals surface area contributed by atoms with Gasteiger partial charge in [-0.25, -0.2) is 4.79 Å². The van der Waals surface area contributed by atoms with Crippen LogP contribution in [0.4, 0.5) is 4.79 Å². The molecule has 3 heterocycles. The predicted molar refractivity (Wildman–Crippen MR) is 79.6 cm³/mol. The van der Waals surface area contributed by atoms with E-state index >= 15 is 0 Å². The van der Waals surface area contributed by atoms with E-state index in [0.29, 0.717) is 25.3 Å². The molecule has 22 heavy (non-hydrogen) atoms. The summed E-state index contributed by atoms with van der Waals surface area (Å²) in [7, 11) is 1.73. The monoisotopic (exact) mass is 306 g/mol. The average Bonchev–Trinajstić information content (AvgIpc) is 2.99. The van der Waals surface area contributed by atoms with Gasteiger partial charge in [0.15, 0.2) is 5.69 Å². The van der Waals surface area contributed by atoms with Gasteiger partial charge in [-0.3, -0.25) is 9.48 Å². The van der Waals surface area contributed by atoms with Gasteiger partial charge < -0.3 is 14.5 Å². The number of hydrogen-bond acceptors (Lipinski definition) is 4. The second-order valence-electron chi connectivity index (χ2n) is 6.22. The Kier molecular flexibility index (Phi) is 3.58. The van der Waals surface area contributed by atoms with Gasteiger partial charge in [0.2, 0.25) is 0 Å². The highest BCUT2D eigenvalue weighted by Crippen LogP contribution is 2.31.